The lowest BCUT2D eigenvalue weighted by molar-refractivity contribution is -0.147. The Morgan fingerprint density at radius 1 is 1.00 bits per heavy atom. The second-order valence-electron chi connectivity index (χ2n) is 4.23. The third-order valence-electron chi connectivity index (χ3n) is 2.45. The molecule has 0 rings (SSSR count). The molecule has 0 spiro atoms. The largest absolute Gasteiger partial charge is 0.466 e. The van der Waals surface area contributed by atoms with Gasteiger partial charge >= 0.3 is 11.9 Å². The maximum atomic E-state index is 11.7. The van der Waals surface area contributed by atoms with E-state index in [0.29, 0.717) is 11.8 Å². The molecule has 130 valence electrons. The monoisotopic (exact) mass is 347 g/mol. The van der Waals surface area contributed by atoms with Crippen LogP contribution in [0.4, 0.5) is 0 Å². The summed E-state index contributed by atoms with van der Waals surface area (Å²) in [5.41, 5.74) is 0. The van der Waals surface area contributed by atoms with Gasteiger partial charge < -0.3 is 14.8 Å². The van der Waals surface area contributed by atoms with Gasteiger partial charge in [0.15, 0.2) is 0 Å². The highest BCUT2D eigenvalue weighted by atomic mass is 32.2. The number of nitrogens with one attached hydrogen (secondary N) is 1. The van der Waals surface area contributed by atoms with Gasteiger partial charge in [0.2, 0.25) is 11.7 Å². The minimum atomic E-state index is -1.04. The molecule has 0 saturated carbocycles. The Morgan fingerprint density at radius 2 is 1.61 bits per heavy atom. The minimum Gasteiger partial charge on any atom is -0.466 e. The molecule has 9 heteroatoms. The fraction of sp³-hybridized carbons (Fsp3) is 0.643. The van der Waals surface area contributed by atoms with Crippen molar-refractivity contribution >= 4 is 40.5 Å². The number of amides is 1. The van der Waals surface area contributed by atoms with Crippen LogP contribution in [0.2, 0.25) is 0 Å². The number of hydrogen-bond acceptors (Lipinski definition) is 8. The highest BCUT2D eigenvalue weighted by Crippen LogP contribution is 2.09. The number of carbonyl (C=O) groups is 5. The number of carbonyl (C=O) groups excluding carboxylic acids is 5. The molecule has 0 aliphatic rings. The third kappa shape index (κ3) is 8.97. The number of ether oxygens (including phenoxy) is 2. The van der Waals surface area contributed by atoms with Crippen molar-refractivity contribution in [3.8, 4) is 0 Å². The van der Waals surface area contributed by atoms with Crippen LogP contribution >= 0.6 is 11.8 Å². The molecule has 0 fully saturated rings. The first kappa shape index (κ1) is 21.1. The summed E-state index contributed by atoms with van der Waals surface area (Å²) in [5.74, 6) is -2.93. The van der Waals surface area contributed by atoms with E-state index >= 15 is 0 Å². The third-order valence-corrected chi connectivity index (χ3v) is 3.44. The molecule has 1 N–H and O–H groups in total. The summed E-state index contributed by atoms with van der Waals surface area (Å²) < 4.78 is 9.37. The van der Waals surface area contributed by atoms with Gasteiger partial charge in [0, 0.05) is 12.2 Å². The fourth-order valence-corrected chi connectivity index (χ4v) is 2.13. The first-order valence-corrected chi connectivity index (χ1v) is 8.15. The van der Waals surface area contributed by atoms with E-state index in [4.69, 9.17) is 4.74 Å². The standard InChI is InChI=1S/C14H21NO7S/c1-4-11(17)15-9(13(19)22-6-3)8-23-14(20)10(16)7-12(18)21-5-2/h9H,4-8H2,1-3H3,(H,15,17). The molecule has 0 bridgehead atoms. The van der Waals surface area contributed by atoms with Crippen LogP contribution in [0.5, 0.6) is 0 Å². The highest BCUT2D eigenvalue weighted by Gasteiger charge is 2.25. The number of Topliss-reactive ketones (excluding diaryl/α,β-unsaturated/α-hetero) is 1. The molecular weight excluding hydrogens is 326 g/mol. The summed E-state index contributed by atoms with van der Waals surface area (Å²) in [5, 5.41) is 1.54. The lowest BCUT2D eigenvalue weighted by Crippen LogP contribution is -2.43. The van der Waals surface area contributed by atoms with Gasteiger partial charge in [0.1, 0.15) is 12.5 Å². The van der Waals surface area contributed by atoms with Crippen LogP contribution in [-0.4, -0.2) is 53.8 Å². The van der Waals surface area contributed by atoms with Crippen LogP contribution < -0.4 is 5.32 Å². The van der Waals surface area contributed by atoms with Gasteiger partial charge in [-0.25, -0.2) is 4.79 Å². The molecule has 0 aromatic rings. The predicted molar refractivity (Wildman–Crippen MR) is 82.6 cm³/mol. The van der Waals surface area contributed by atoms with E-state index in [1.807, 2.05) is 0 Å². The Hall–Kier alpha value is -1.90. The lowest BCUT2D eigenvalue weighted by atomic mass is 10.3. The average Bonchev–Trinajstić information content (AvgIpc) is 2.50. The zero-order chi connectivity index (χ0) is 17.8. The van der Waals surface area contributed by atoms with Gasteiger partial charge in [-0.05, 0) is 13.8 Å². The van der Waals surface area contributed by atoms with Crippen molar-refractivity contribution in [2.75, 3.05) is 19.0 Å². The van der Waals surface area contributed by atoms with Gasteiger partial charge in [0.25, 0.3) is 5.12 Å². The van der Waals surface area contributed by atoms with Gasteiger partial charge in [-0.1, -0.05) is 18.7 Å². The zero-order valence-electron chi connectivity index (χ0n) is 13.4. The summed E-state index contributed by atoms with van der Waals surface area (Å²) in [6.07, 6.45) is -0.485. The first-order valence-electron chi connectivity index (χ1n) is 7.17. The predicted octanol–water partition coefficient (Wildman–Crippen LogP) is 0.226. The maximum absolute atomic E-state index is 11.7. The topological polar surface area (TPSA) is 116 Å². The summed E-state index contributed by atoms with van der Waals surface area (Å²) in [6.45, 7) is 5.04. The molecule has 0 aliphatic carbocycles. The van der Waals surface area contributed by atoms with E-state index in [0.717, 1.165) is 0 Å². The van der Waals surface area contributed by atoms with Crippen LogP contribution in [0.1, 0.15) is 33.6 Å². The van der Waals surface area contributed by atoms with Gasteiger partial charge in [-0.3, -0.25) is 19.2 Å². The molecule has 23 heavy (non-hydrogen) atoms. The second-order valence-corrected chi connectivity index (χ2v) is 5.22. The van der Waals surface area contributed by atoms with Crippen molar-refractivity contribution in [2.45, 2.75) is 39.7 Å². The van der Waals surface area contributed by atoms with E-state index in [-0.39, 0.29) is 31.3 Å². The normalized spacial score (nSPS) is 11.3. The summed E-state index contributed by atoms with van der Waals surface area (Å²) in [7, 11) is 0. The van der Waals surface area contributed by atoms with Crippen LogP contribution in [0, 0.1) is 0 Å². The van der Waals surface area contributed by atoms with Crippen LogP contribution in [0.15, 0.2) is 0 Å². The number of hydrogen-bond donors (Lipinski definition) is 1. The molecule has 0 heterocycles. The zero-order valence-corrected chi connectivity index (χ0v) is 14.2. The van der Waals surface area contributed by atoms with Gasteiger partial charge in [0.05, 0.1) is 13.2 Å². The van der Waals surface area contributed by atoms with E-state index in [2.05, 4.69) is 10.1 Å². The lowest BCUT2D eigenvalue weighted by Gasteiger charge is -2.15. The van der Waals surface area contributed by atoms with Gasteiger partial charge in [-0.2, -0.15) is 0 Å². The molecule has 1 unspecified atom stereocenters. The molecule has 8 nitrogen and oxygen atoms in total. The van der Waals surface area contributed by atoms with Crippen molar-refractivity contribution in [3.05, 3.63) is 0 Å². The maximum Gasteiger partial charge on any atom is 0.329 e. The van der Waals surface area contributed by atoms with Crippen LogP contribution in [-0.2, 0) is 33.4 Å². The number of thioether (sulfide) groups is 1. The molecule has 0 aliphatic heterocycles. The fourth-order valence-electron chi connectivity index (χ4n) is 1.36. The van der Waals surface area contributed by atoms with Gasteiger partial charge in [-0.15, -0.1) is 0 Å². The Kier molecular flexibility index (Phi) is 10.7. The number of esters is 2. The van der Waals surface area contributed by atoms with Crippen LogP contribution in [0.3, 0.4) is 0 Å². The Balaban J connectivity index is 4.55. The SMILES string of the molecule is CCOC(=O)CC(=O)C(=O)SCC(NC(=O)CC)C(=O)OCC. The Bertz CT molecular complexity index is 464. The molecule has 0 aromatic carbocycles. The molecule has 1 amide bonds. The minimum absolute atomic E-state index is 0.113. The Morgan fingerprint density at radius 3 is 2.13 bits per heavy atom. The van der Waals surface area contributed by atoms with Crippen molar-refractivity contribution in [1.29, 1.82) is 0 Å². The van der Waals surface area contributed by atoms with E-state index in [9.17, 15) is 24.0 Å². The highest BCUT2D eigenvalue weighted by molar-refractivity contribution is 8.15. The molecule has 1 atom stereocenters. The van der Waals surface area contributed by atoms with E-state index in [1.54, 1.807) is 20.8 Å². The van der Waals surface area contributed by atoms with E-state index < -0.39 is 35.3 Å². The molecule has 0 radical (unpaired) electrons. The smallest absolute Gasteiger partial charge is 0.329 e. The summed E-state index contributed by atoms with van der Waals surface area (Å²) in [4.78, 5) is 57.4. The van der Waals surface area contributed by atoms with E-state index in [1.165, 1.54) is 0 Å². The molecule has 0 aromatic heterocycles. The summed E-state index contributed by atoms with van der Waals surface area (Å²) >= 11 is 0.548. The van der Waals surface area contributed by atoms with Crippen molar-refractivity contribution < 1.29 is 33.4 Å². The summed E-state index contributed by atoms with van der Waals surface area (Å²) in [6, 6.07) is -1.04. The quantitative estimate of drug-likeness (QED) is 0.339. The first-order chi connectivity index (χ1) is 10.8. The number of ketones is 1. The van der Waals surface area contributed by atoms with Crippen molar-refractivity contribution in [2.24, 2.45) is 0 Å². The molecular formula is C14H21NO7S. The molecule has 0 saturated heterocycles. The second kappa shape index (κ2) is 11.6. The number of rotatable bonds is 10. The van der Waals surface area contributed by atoms with Crippen molar-refractivity contribution in [1.82, 2.24) is 5.32 Å². The average molecular weight is 347 g/mol. The van der Waals surface area contributed by atoms with Crippen LogP contribution in [0.25, 0.3) is 0 Å². The van der Waals surface area contributed by atoms with Crippen molar-refractivity contribution in [3.63, 3.8) is 0 Å². The Labute approximate surface area is 138 Å².